The van der Waals surface area contributed by atoms with Crippen LogP contribution in [0.15, 0.2) is 0 Å². The topological polar surface area (TPSA) is 26.0 Å². The molecule has 0 atom stereocenters. The van der Waals surface area contributed by atoms with Gasteiger partial charge in [0.25, 0.3) is 0 Å². The predicted octanol–water partition coefficient (Wildman–Crippen LogP) is 3.78. The molecule has 1 rings (SSSR count). The second-order valence-corrected chi connectivity index (χ2v) is 3.44. The SMILES string of the molecule is CCc1c(Cl)c(N)c(F)c(F)c1C(F)(F)F. The number of benzene rings is 1. The maximum Gasteiger partial charge on any atom is 0.419 e. The van der Waals surface area contributed by atoms with Crippen molar-refractivity contribution in [3.05, 3.63) is 27.8 Å². The number of halogens is 6. The van der Waals surface area contributed by atoms with Gasteiger partial charge in [0, 0.05) is 0 Å². The van der Waals surface area contributed by atoms with E-state index in [0.717, 1.165) is 0 Å². The van der Waals surface area contributed by atoms with E-state index in [-0.39, 0.29) is 6.42 Å². The van der Waals surface area contributed by atoms with E-state index in [1.807, 2.05) is 0 Å². The Kier molecular flexibility index (Phi) is 3.33. The van der Waals surface area contributed by atoms with E-state index in [4.69, 9.17) is 17.3 Å². The first-order valence-corrected chi connectivity index (χ1v) is 4.61. The lowest BCUT2D eigenvalue weighted by Crippen LogP contribution is -2.15. The molecule has 0 radical (unpaired) electrons. The molecule has 0 unspecified atom stereocenters. The molecule has 0 saturated carbocycles. The van der Waals surface area contributed by atoms with Crippen LogP contribution in [-0.2, 0) is 12.6 Å². The molecule has 16 heavy (non-hydrogen) atoms. The lowest BCUT2D eigenvalue weighted by molar-refractivity contribution is -0.140. The smallest absolute Gasteiger partial charge is 0.395 e. The number of hydrogen-bond donors (Lipinski definition) is 1. The van der Waals surface area contributed by atoms with Gasteiger partial charge in [-0.25, -0.2) is 8.78 Å². The Morgan fingerprint density at radius 3 is 2.06 bits per heavy atom. The van der Waals surface area contributed by atoms with Crippen LogP contribution in [0.3, 0.4) is 0 Å². The van der Waals surface area contributed by atoms with Crippen LogP contribution in [0.4, 0.5) is 27.6 Å². The molecule has 2 N–H and O–H groups in total. The third-order valence-electron chi connectivity index (χ3n) is 2.09. The molecule has 1 aromatic carbocycles. The first kappa shape index (κ1) is 13.0. The van der Waals surface area contributed by atoms with Gasteiger partial charge in [0.1, 0.15) is 0 Å². The monoisotopic (exact) mass is 259 g/mol. The number of nitrogens with two attached hydrogens (primary N) is 1. The summed E-state index contributed by atoms with van der Waals surface area (Å²) < 4.78 is 63.6. The summed E-state index contributed by atoms with van der Waals surface area (Å²) in [7, 11) is 0. The normalized spacial score (nSPS) is 11.9. The molecule has 0 aromatic heterocycles. The van der Waals surface area contributed by atoms with Crippen molar-refractivity contribution in [2.75, 3.05) is 5.73 Å². The molecule has 90 valence electrons. The maximum atomic E-state index is 13.2. The van der Waals surface area contributed by atoms with Gasteiger partial charge in [-0.15, -0.1) is 0 Å². The molecule has 0 aliphatic heterocycles. The highest BCUT2D eigenvalue weighted by molar-refractivity contribution is 6.34. The summed E-state index contributed by atoms with van der Waals surface area (Å²) in [5, 5.41) is -0.589. The average Bonchev–Trinajstić information content (AvgIpc) is 2.18. The Balaban J connectivity index is 3.72. The molecule has 0 amide bonds. The fourth-order valence-corrected chi connectivity index (χ4v) is 1.67. The summed E-state index contributed by atoms with van der Waals surface area (Å²) in [6.45, 7) is 1.34. The Bertz CT molecular complexity index is 427. The molecule has 0 heterocycles. The number of rotatable bonds is 1. The second kappa shape index (κ2) is 4.08. The van der Waals surface area contributed by atoms with Crippen LogP contribution in [0.2, 0.25) is 5.02 Å². The van der Waals surface area contributed by atoms with Crippen LogP contribution >= 0.6 is 11.6 Å². The lowest BCUT2D eigenvalue weighted by atomic mass is 10.0. The van der Waals surface area contributed by atoms with Gasteiger partial charge in [-0.05, 0) is 12.0 Å². The standard InChI is InChI=1S/C9H7ClF5N/c1-2-3-4(9(13,14)15)6(11)7(12)8(16)5(3)10/h2,16H2,1H3. The predicted molar refractivity (Wildman–Crippen MR) is 50.2 cm³/mol. The molecule has 0 fully saturated rings. The highest BCUT2D eigenvalue weighted by Crippen LogP contribution is 2.41. The van der Waals surface area contributed by atoms with Gasteiger partial charge >= 0.3 is 6.18 Å². The van der Waals surface area contributed by atoms with Crippen molar-refractivity contribution in [1.29, 1.82) is 0 Å². The Hall–Kier alpha value is -1.04. The second-order valence-electron chi connectivity index (χ2n) is 3.06. The van der Waals surface area contributed by atoms with E-state index in [0.29, 0.717) is 0 Å². The van der Waals surface area contributed by atoms with Gasteiger partial charge in [-0.3, -0.25) is 0 Å². The summed E-state index contributed by atoms with van der Waals surface area (Å²) in [6, 6.07) is 0. The zero-order valence-electron chi connectivity index (χ0n) is 8.05. The molecule has 0 saturated heterocycles. The van der Waals surface area contributed by atoms with E-state index in [2.05, 4.69) is 0 Å². The molecule has 0 aliphatic carbocycles. The van der Waals surface area contributed by atoms with Gasteiger partial charge < -0.3 is 5.73 Å². The number of hydrogen-bond acceptors (Lipinski definition) is 1. The lowest BCUT2D eigenvalue weighted by Gasteiger charge is -2.16. The zero-order valence-corrected chi connectivity index (χ0v) is 8.81. The van der Waals surface area contributed by atoms with Crippen molar-refractivity contribution >= 4 is 17.3 Å². The average molecular weight is 260 g/mol. The third kappa shape index (κ3) is 1.93. The van der Waals surface area contributed by atoms with Crippen LogP contribution < -0.4 is 5.73 Å². The minimum absolute atomic E-state index is 0.199. The number of nitrogen functional groups attached to an aromatic ring is 1. The molecule has 1 nitrogen and oxygen atoms in total. The molecular weight excluding hydrogens is 253 g/mol. The van der Waals surface area contributed by atoms with Crippen LogP contribution in [0.1, 0.15) is 18.1 Å². The Labute approximate surface area is 93.0 Å². The van der Waals surface area contributed by atoms with E-state index in [1.54, 1.807) is 0 Å². The van der Waals surface area contributed by atoms with Gasteiger partial charge in [0.05, 0.1) is 16.3 Å². The van der Waals surface area contributed by atoms with E-state index in [9.17, 15) is 22.0 Å². The van der Waals surface area contributed by atoms with Crippen LogP contribution in [-0.4, -0.2) is 0 Å². The third-order valence-corrected chi connectivity index (χ3v) is 2.52. The van der Waals surface area contributed by atoms with Crippen molar-refractivity contribution in [3.8, 4) is 0 Å². The summed E-state index contributed by atoms with van der Waals surface area (Å²) in [5.74, 6) is -3.78. The fourth-order valence-electron chi connectivity index (χ4n) is 1.36. The van der Waals surface area contributed by atoms with E-state index >= 15 is 0 Å². The van der Waals surface area contributed by atoms with Crippen molar-refractivity contribution in [2.45, 2.75) is 19.5 Å². The van der Waals surface area contributed by atoms with Crippen LogP contribution in [0.5, 0.6) is 0 Å². The number of anilines is 1. The Morgan fingerprint density at radius 1 is 1.19 bits per heavy atom. The number of alkyl halides is 3. The molecular formula is C9H7ClF5N. The molecule has 1 aromatic rings. The minimum Gasteiger partial charge on any atom is -0.395 e. The minimum atomic E-state index is -5.01. The van der Waals surface area contributed by atoms with Gasteiger partial charge in [0.2, 0.25) is 0 Å². The van der Waals surface area contributed by atoms with Crippen molar-refractivity contribution < 1.29 is 22.0 Å². The van der Waals surface area contributed by atoms with Gasteiger partial charge in [0.15, 0.2) is 11.6 Å². The quantitative estimate of drug-likeness (QED) is 0.464. The van der Waals surface area contributed by atoms with Gasteiger partial charge in [-0.1, -0.05) is 18.5 Å². The van der Waals surface area contributed by atoms with Crippen molar-refractivity contribution in [1.82, 2.24) is 0 Å². The van der Waals surface area contributed by atoms with Crippen molar-refractivity contribution in [2.24, 2.45) is 0 Å². The Morgan fingerprint density at radius 2 is 1.69 bits per heavy atom. The van der Waals surface area contributed by atoms with Crippen LogP contribution in [0, 0.1) is 11.6 Å². The highest BCUT2D eigenvalue weighted by Gasteiger charge is 2.40. The van der Waals surface area contributed by atoms with Crippen LogP contribution in [0.25, 0.3) is 0 Å². The molecule has 0 bridgehead atoms. The van der Waals surface area contributed by atoms with E-state index in [1.165, 1.54) is 6.92 Å². The summed E-state index contributed by atoms with van der Waals surface area (Å²) in [4.78, 5) is 0. The van der Waals surface area contributed by atoms with E-state index < -0.39 is 39.6 Å². The molecule has 0 aliphatic rings. The van der Waals surface area contributed by atoms with Crippen molar-refractivity contribution in [3.63, 3.8) is 0 Å². The highest BCUT2D eigenvalue weighted by atomic mass is 35.5. The molecule has 7 heteroatoms. The molecule has 0 spiro atoms. The van der Waals surface area contributed by atoms with Gasteiger partial charge in [-0.2, -0.15) is 13.2 Å². The fraction of sp³-hybridized carbons (Fsp3) is 0.333. The largest absolute Gasteiger partial charge is 0.419 e. The zero-order chi connectivity index (χ0) is 12.7. The summed E-state index contributed by atoms with van der Waals surface area (Å²) in [5.41, 5.74) is 2.03. The maximum absolute atomic E-state index is 13.2. The first-order chi connectivity index (χ1) is 7.21. The summed E-state index contributed by atoms with van der Waals surface area (Å²) >= 11 is 5.45. The summed E-state index contributed by atoms with van der Waals surface area (Å²) in [6.07, 6.45) is -5.21. The first-order valence-electron chi connectivity index (χ1n) is 4.23.